The molecule has 0 aliphatic rings. The van der Waals surface area contributed by atoms with Crippen molar-refractivity contribution in [1.82, 2.24) is 20.4 Å². The predicted molar refractivity (Wildman–Crippen MR) is 124 cm³/mol. The van der Waals surface area contributed by atoms with Crippen LogP contribution in [-0.2, 0) is 22.6 Å². The highest BCUT2D eigenvalue weighted by atomic mass is 16.5. The van der Waals surface area contributed by atoms with Crippen LogP contribution in [-0.4, -0.2) is 34.9 Å². The van der Waals surface area contributed by atoms with Crippen molar-refractivity contribution in [3.8, 4) is 11.1 Å². The van der Waals surface area contributed by atoms with Crippen molar-refractivity contribution in [2.24, 2.45) is 5.92 Å². The molecule has 0 radical (unpaired) electrons. The van der Waals surface area contributed by atoms with Crippen LogP contribution in [0.3, 0.4) is 0 Å². The van der Waals surface area contributed by atoms with E-state index in [1.165, 1.54) is 7.11 Å². The first-order chi connectivity index (χ1) is 15.5. The third-order valence-electron chi connectivity index (χ3n) is 5.14. The van der Waals surface area contributed by atoms with Gasteiger partial charge in [-0.15, -0.1) is 0 Å². The Hall–Kier alpha value is -3.61. The molecule has 2 N–H and O–H groups in total. The largest absolute Gasteiger partial charge is 0.453 e. The van der Waals surface area contributed by atoms with Crippen LogP contribution in [0.4, 0.5) is 4.79 Å². The molecule has 0 saturated carbocycles. The molecule has 0 saturated heterocycles. The Labute approximate surface area is 188 Å². The van der Waals surface area contributed by atoms with Crippen molar-refractivity contribution in [3.63, 3.8) is 0 Å². The topological polar surface area (TPSA) is 85.2 Å². The van der Waals surface area contributed by atoms with Gasteiger partial charge in [-0.3, -0.25) is 9.48 Å². The molecule has 1 aromatic heterocycles. The molecule has 3 aromatic rings. The van der Waals surface area contributed by atoms with Crippen molar-refractivity contribution >= 4 is 12.0 Å². The van der Waals surface area contributed by atoms with Gasteiger partial charge in [0.05, 0.1) is 13.7 Å². The lowest BCUT2D eigenvalue weighted by Gasteiger charge is -2.20. The quantitative estimate of drug-likeness (QED) is 0.533. The third kappa shape index (κ3) is 6.44. The first kappa shape index (κ1) is 23.1. The summed E-state index contributed by atoms with van der Waals surface area (Å²) in [5.74, 6) is 0.0175. The fraction of sp³-hybridized carbons (Fsp3) is 0.320. The molecule has 32 heavy (non-hydrogen) atoms. The molecule has 0 aliphatic heterocycles. The fourth-order valence-corrected chi connectivity index (χ4v) is 3.54. The van der Waals surface area contributed by atoms with Gasteiger partial charge in [0, 0.05) is 18.9 Å². The van der Waals surface area contributed by atoms with Crippen LogP contribution in [0.1, 0.15) is 31.4 Å². The summed E-state index contributed by atoms with van der Waals surface area (Å²) >= 11 is 0. The Morgan fingerprint density at radius 1 is 1.06 bits per heavy atom. The predicted octanol–water partition coefficient (Wildman–Crippen LogP) is 3.99. The minimum atomic E-state index is -0.642. The zero-order valence-electron chi connectivity index (χ0n) is 18.7. The van der Waals surface area contributed by atoms with Gasteiger partial charge in [-0.2, -0.15) is 5.10 Å². The molecule has 2 amide bonds. The number of hydrogen-bond acceptors (Lipinski definition) is 4. The lowest BCUT2D eigenvalue weighted by molar-refractivity contribution is -0.123. The summed E-state index contributed by atoms with van der Waals surface area (Å²) in [6.07, 6.45) is 3.63. The van der Waals surface area contributed by atoms with Gasteiger partial charge in [-0.1, -0.05) is 62.4 Å². The standard InChI is InChI=1S/C25H30N4O3/c1-18(2)15-23(28-25(31)32-3)24(30)26-16-21-7-4-5-8-22(21)20-11-9-19(10-12-20)17-29-14-6-13-27-29/h4-14,18,23H,15-17H2,1-3H3,(H,26,30)(H,28,31). The van der Waals surface area contributed by atoms with Crippen LogP contribution in [0.2, 0.25) is 0 Å². The Bertz CT molecular complexity index is 1010. The second kappa shape index (κ2) is 11.1. The van der Waals surface area contributed by atoms with Gasteiger partial charge in [0.25, 0.3) is 0 Å². The van der Waals surface area contributed by atoms with Crippen molar-refractivity contribution in [2.45, 2.75) is 39.4 Å². The Morgan fingerprint density at radius 2 is 1.81 bits per heavy atom. The van der Waals surface area contributed by atoms with E-state index in [1.54, 1.807) is 6.20 Å². The lowest BCUT2D eigenvalue weighted by atomic mass is 9.98. The lowest BCUT2D eigenvalue weighted by Crippen LogP contribution is -2.47. The number of amides is 2. The molecular formula is C25H30N4O3. The molecule has 1 heterocycles. The number of alkyl carbamates (subject to hydrolysis) is 1. The molecule has 168 valence electrons. The number of nitrogens with one attached hydrogen (secondary N) is 2. The van der Waals surface area contributed by atoms with E-state index in [9.17, 15) is 9.59 Å². The maximum Gasteiger partial charge on any atom is 0.407 e. The van der Waals surface area contributed by atoms with Crippen LogP contribution >= 0.6 is 0 Å². The zero-order chi connectivity index (χ0) is 22.9. The van der Waals surface area contributed by atoms with Crippen LogP contribution in [0.25, 0.3) is 11.1 Å². The minimum Gasteiger partial charge on any atom is -0.453 e. The first-order valence-corrected chi connectivity index (χ1v) is 10.7. The van der Waals surface area contributed by atoms with E-state index in [0.717, 1.165) is 28.8 Å². The number of hydrogen-bond donors (Lipinski definition) is 2. The molecule has 7 heteroatoms. The average molecular weight is 435 g/mol. The number of benzene rings is 2. The summed E-state index contributed by atoms with van der Waals surface area (Å²) in [7, 11) is 1.29. The second-order valence-corrected chi connectivity index (χ2v) is 8.09. The van der Waals surface area contributed by atoms with Crippen molar-refractivity contribution in [3.05, 3.63) is 78.1 Å². The van der Waals surface area contributed by atoms with Crippen molar-refractivity contribution in [2.75, 3.05) is 7.11 Å². The number of carbonyl (C=O) groups excluding carboxylic acids is 2. The van der Waals surface area contributed by atoms with Gasteiger partial charge < -0.3 is 15.4 Å². The number of nitrogens with zero attached hydrogens (tertiary/aromatic N) is 2. The highest BCUT2D eigenvalue weighted by molar-refractivity contribution is 5.85. The maximum absolute atomic E-state index is 12.8. The zero-order valence-corrected chi connectivity index (χ0v) is 18.7. The van der Waals surface area contributed by atoms with Gasteiger partial charge in [0.1, 0.15) is 6.04 Å². The van der Waals surface area contributed by atoms with Crippen molar-refractivity contribution in [1.29, 1.82) is 0 Å². The second-order valence-electron chi connectivity index (χ2n) is 8.09. The molecule has 3 rings (SSSR count). The molecule has 0 aliphatic carbocycles. The highest BCUT2D eigenvalue weighted by Crippen LogP contribution is 2.24. The van der Waals surface area contributed by atoms with E-state index in [-0.39, 0.29) is 11.8 Å². The highest BCUT2D eigenvalue weighted by Gasteiger charge is 2.22. The summed E-state index contributed by atoms with van der Waals surface area (Å²) in [4.78, 5) is 24.4. The summed E-state index contributed by atoms with van der Waals surface area (Å²) in [5, 5.41) is 9.83. The number of aromatic nitrogens is 2. The van der Waals surface area contributed by atoms with Crippen LogP contribution in [0, 0.1) is 5.92 Å². The normalized spacial score (nSPS) is 11.8. The van der Waals surface area contributed by atoms with E-state index in [0.29, 0.717) is 13.0 Å². The number of ether oxygens (including phenoxy) is 1. The van der Waals surface area contributed by atoms with Gasteiger partial charge in [-0.05, 0) is 40.7 Å². The summed E-state index contributed by atoms with van der Waals surface area (Å²) < 4.78 is 6.54. The SMILES string of the molecule is COC(=O)NC(CC(C)C)C(=O)NCc1ccccc1-c1ccc(Cn2cccn2)cc1. The molecule has 0 fully saturated rings. The Kier molecular flexibility index (Phi) is 8.02. The third-order valence-corrected chi connectivity index (χ3v) is 5.14. The maximum atomic E-state index is 12.8. The minimum absolute atomic E-state index is 0.228. The van der Waals surface area contributed by atoms with E-state index >= 15 is 0 Å². The van der Waals surface area contributed by atoms with Crippen LogP contribution < -0.4 is 10.6 Å². The fourth-order valence-electron chi connectivity index (χ4n) is 3.54. The molecule has 7 nitrogen and oxygen atoms in total. The number of methoxy groups -OCH3 is 1. The molecule has 0 bridgehead atoms. The molecule has 2 aromatic carbocycles. The van der Waals surface area contributed by atoms with E-state index in [2.05, 4.69) is 44.7 Å². The number of carbonyl (C=O) groups is 2. The smallest absolute Gasteiger partial charge is 0.407 e. The summed E-state index contributed by atoms with van der Waals surface area (Å²) in [6.45, 7) is 5.09. The van der Waals surface area contributed by atoms with E-state index < -0.39 is 12.1 Å². The van der Waals surface area contributed by atoms with Crippen molar-refractivity contribution < 1.29 is 14.3 Å². The van der Waals surface area contributed by atoms with Gasteiger partial charge in [0.15, 0.2) is 0 Å². The molecule has 0 spiro atoms. The monoisotopic (exact) mass is 434 g/mol. The Balaban J connectivity index is 1.69. The molecule has 1 atom stereocenters. The molecular weight excluding hydrogens is 404 g/mol. The van der Waals surface area contributed by atoms with Gasteiger partial charge >= 0.3 is 6.09 Å². The van der Waals surface area contributed by atoms with Crippen LogP contribution in [0.15, 0.2) is 67.0 Å². The van der Waals surface area contributed by atoms with Crippen LogP contribution in [0.5, 0.6) is 0 Å². The Morgan fingerprint density at radius 3 is 2.47 bits per heavy atom. The van der Waals surface area contributed by atoms with Gasteiger partial charge in [0.2, 0.25) is 5.91 Å². The van der Waals surface area contributed by atoms with Gasteiger partial charge in [-0.25, -0.2) is 4.79 Å². The van der Waals surface area contributed by atoms with E-state index in [1.807, 2.05) is 55.1 Å². The first-order valence-electron chi connectivity index (χ1n) is 10.7. The summed E-state index contributed by atoms with van der Waals surface area (Å²) in [5.41, 5.74) is 4.29. The average Bonchev–Trinajstić information content (AvgIpc) is 3.30. The van der Waals surface area contributed by atoms with E-state index in [4.69, 9.17) is 0 Å². The number of rotatable bonds is 9. The molecule has 1 unspecified atom stereocenters. The summed E-state index contributed by atoms with van der Waals surface area (Å²) in [6, 6.07) is 17.6.